The fraction of sp³-hybridized carbons (Fsp3) is 0.688. The third-order valence-electron chi connectivity index (χ3n) is 5.15. The maximum absolute atomic E-state index is 11.4. The van der Waals surface area contributed by atoms with Gasteiger partial charge in [0, 0.05) is 5.92 Å². The normalized spacial score (nSPS) is 46.5. The largest absolute Gasteiger partial charge is 0.478 e. The summed E-state index contributed by atoms with van der Waals surface area (Å²) in [6, 6.07) is 0. The van der Waals surface area contributed by atoms with Gasteiger partial charge in [0.1, 0.15) is 30.0 Å². The number of carbonyl (C=O) groups is 1. The topological polar surface area (TPSA) is 186 Å². The van der Waals surface area contributed by atoms with Gasteiger partial charge in [0.25, 0.3) is 0 Å². The smallest absolute Gasteiger partial charge is 0.335 e. The molecule has 0 saturated carbocycles. The van der Waals surface area contributed by atoms with Crippen LogP contribution in [0.3, 0.4) is 0 Å². The molecule has 3 aliphatic rings. The summed E-state index contributed by atoms with van der Waals surface area (Å²) in [6.45, 7) is -1.40. The van der Waals surface area contributed by atoms with Gasteiger partial charge in [-0.15, -0.1) is 0 Å². The molecule has 0 amide bonds. The van der Waals surface area contributed by atoms with E-state index in [-0.39, 0.29) is 5.57 Å². The molecule has 0 aromatic heterocycles. The Morgan fingerprint density at radius 3 is 2.44 bits per heavy atom. The zero-order chi connectivity index (χ0) is 19.9. The van der Waals surface area contributed by atoms with Gasteiger partial charge in [0.2, 0.25) is 6.29 Å². The van der Waals surface area contributed by atoms with Crippen LogP contribution in [0.5, 0.6) is 0 Å². The van der Waals surface area contributed by atoms with Gasteiger partial charge in [0.15, 0.2) is 6.29 Å². The van der Waals surface area contributed by atoms with Crippen molar-refractivity contribution in [2.24, 2.45) is 11.8 Å². The fourth-order valence-corrected chi connectivity index (χ4v) is 3.60. The second-order valence-electron chi connectivity index (χ2n) is 6.78. The number of allylic oxidation sites excluding steroid dienone is 1. The highest BCUT2D eigenvalue weighted by Crippen LogP contribution is 2.45. The van der Waals surface area contributed by atoms with E-state index in [4.69, 9.17) is 14.2 Å². The van der Waals surface area contributed by atoms with Crippen LogP contribution in [0.4, 0.5) is 0 Å². The molecule has 0 spiro atoms. The molecule has 152 valence electrons. The summed E-state index contributed by atoms with van der Waals surface area (Å²) in [6.07, 6.45) is -5.48. The summed E-state index contributed by atoms with van der Waals surface area (Å²) in [5.74, 6) is -3.20. The predicted molar refractivity (Wildman–Crippen MR) is 83.6 cm³/mol. The summed E-state index contributed by atoms with van der Waals surface area (Å²) in [4.78, 5) is 11.4. The van der Waals surface area contributed by atoms with E-state index in [0.717, 1.165) is 6.26 Å². The third-order valence-corrected chi connectivity index (χ3v) is 5.15. The van der Waals surface area contributed by atoms with Crippen molar-refractivity contribution in [2.45, 2.75) is 42.6 Å². The van der Waals surface area contributed by atoms with Crippen molar-refractivity contribution in [1.29, 1.82) is 0 Å². The van der Waals surface area contributed by atoms with Crippen molar-refractivity contribution in [2.75, 3.05) is 13.2 Å². The minimum Gasteiger partial charge on any atom is -0.478 e. The first-order valence-corrected chi connectivity index (χ1v) is 8.31. The number of hydrogen-bond acceptors (Lipinski definition) is 10. The van der Waals surface area contributed by atoms with Gasteiger partial charge in [-0.05, 0) is 0 Å². The van der Waals surface area contributed by atoms with Crippen LogP contribution in [-0.2, 0) is 19.0 Å². The summed E-state index contributed by atoms with van der Waals surface area (Å²) in [5, 5.41) is 68.4. The van der Waals surface area contributed by atoms with E-state index in [9.17, 15) is 40.5 Å². The van der Waals surface area contributed by atoms with Crippen molar-refractivity contribution in [1.82, 2.24) is 0 Å². The Morgan fingerprint density at radius 2 is 1.85 bits per heavy atom. The lowest BCUT2D eigenvalue weighted by molar-refractivity contribution is -0.346. The van der Waals surface area contributed by atoms with Gasteiger partial charge >= 0.3 is 5.97 Å². The van der Waals surface area contributed by atoms with E-state index in [1.807, 2.05) is 0 Å². The van der Waals surface area contributed by atoms with Crippen LogP contribution < -0.4 is 0 Å². The molecule has 0 unspecified atom stereocenters. The molecule has 0 radical (unpaired) electrons. The van der Waals surface area contributed by atoms with E-state index in [1.165, 1.54) is 12.2 Å². The van der Waals surface area contributed by atoms with Gasteiger partial charge in [0.05, 0.1) is 31.0 Å². The number of hydrogen-bond donors (Lipinski definition) is 7. The number of aliphatic hydroxyl groups excluding tert-OH is 5. The summed E-state index contributed by atoms with van der Waals surface area (Å²) in [7, 11) is 0. The molecule has 1 aliphatic carbocycles. The van der Waals surface area contributed by atoms with Crippen LogP contribution in [0.15, 0.2) is 24.0 Å². The number of ether oxygens (including phenoxy) is 3. The van der Waals surface area contributed by atoms with E-state index >= 15 is 0 Å². The maximum Gasteiger partial charge on any atom is 0.335 e. The minimum atomic E-state index is -1.85. The first-order valence-electron chi connectivity index (χ1n) is 8.31. The Hall–Kier alpha value is -1.57. The Labute approximate surface area is 153 Å². The molecule has 0 aromatic carbocycles. The molecule has 27 heavy (non-hydrogen) atoms. The summed E-state index contributed by atoms with van der Waals surface area (Å²) in [5.41, 5.74) is -2.01. The number of rotatable bonds is 5. The molecule has 1 saturated heterocycles. The highest BCUT2D eigenvalue weighted by atomic mass is 16.8. The Bertz CT molecular complexity index is 632. The molecular formula is C16H22O11. The molecule has 1 fully saturated rings. The number of fused-ring (bicyclic) bond motifs is 1. The summed E-state index contributed by atoms with van der Waals surface area (Å²) >= 11 is 0. The molecule has 0 bridgehead atoms. The number of aliphatic carboxylic acids is 1. The lowest BCUT2D eigenvalue weighted by atomic mass is 9.79. The second kappa shape index (κ2) is 7.45. The first-order chi connectivity index (χ1) is 12.7. The zero-order valence-corrected chi connectivity index (χ0v) is 14.0. The molecular weight excluding hydrogens is 368 g/mol. The van der Waals surface area contributed by atoms with Crippen molar-refractivity contribution < 1.29 is 54.8 Å². The maximum atomic E-state index is 11.4. The van der Waals surface area contributed by atoms with Crippen LogP contribution in [0.1, 0.15) is 0 Å². The van der Waals surface area contributed by atoms with Crippen molar-refractivity contribution in [3.05, 3.63) is 24.0 Å². The minimum absolute atomic E-state index is 0.158. The zero-order valence-electron chi connectivity index (χ0n) is 14.0. The average Bonchev–Trinajstić information content (AvgIpc) is 3.01. The first kappa shape index (κ1) is 20.2. The molecule has 2 heterocycles. The van der Waals surface area contributed by atoms with Crippen molar-refractivity contribution in [3.8, 4) is 0 Å². The van der Waals surface area contributed by atoms with Crippen LogP contribution in [0, 0.1) is 11.8 Å². The third kappa shape index (κ3) is 3.37. The quantitative estimate of drug-likeness (QED) is 0.233. The molecule has 3 rings (SSSR count). The second-order valence-corrected chi connectivity index (χ2v) is 6.78. The lowest BCUT2D eigenvalue weighted by Crippen LogP contribution is -2.61. The number of carboxylic acid groups (broad SMARTS) is 1. The standard InChI is InChI=1S/C16H22O11/c17-3-8-10(19)11(20)12(21)15(26-8)27-14-9-6(1-2-16(9,24)5-18)7(4-25-14)13(22)23/h1-2,4,6,8-12,14-15,17-21,24H,3,5H2,(H,22,23)/t6-,8-,9-,10-,11+,12-,14+,15+,16+/m1/s1. The monoisotopic (exact) mass is 390 g/mol. The van der Waals surface area contributed by atoms with Gasteiger partial charge in [-0.1, -0.05) is 12.2 Å². The molecule has 9 atom stereocenters. The fourth-order valence-electron chi connectivity index (χ4n) is 3.60. The SMILES string of the molecule is O=C(O)C1=CO[C@@H](O[C@@H]2O[C@H](CO)[C@@H](O)[C@H](O)[C@H]2O)[C@H]2[C@@H]1C=C[C@]2(O)CO. The Kier molecular flexibility index (Phi) is 5.57. The van der Waals surface area contributed by atoms with Crippen LogP contribution in [0.2, 0.25) is 0 Å². The van der Waals surface area contributed by atoms with E-state index in [0.29, 0.717) is 0 Å². The van der Waals surface area contributed by atoms with E-state index in [2.05, 4.69) is 0 Å². The van der Waals surface area contributed by atoms with Gasteiger partial charge in [-0.2, -0.15) is 0 Å². The number of carboxylic acids is 1. The van der Waals surface area contributed by atoms with E-state index in [1.54, 1.807) is 0 Å². The highest BCUT2D eigenvalue weighted by molar-refractivity contribution is 5.87. The predicted octanol–water partition coefficient (Wildman–Crippen LogP) is -3.35. The Morgan fingerprint density at radius 1 is 1.15 bits per heavy atom. The lowest BCUT2D eigenvalue weighted by Gasteiger charge is -2.44. The van der Waals surface area contributed by atoms with E-state index < -0.39 is 73.6 Å². The highest BCUT2D eigenvalue weighted by Gasteiger charge is 2.55. The van der Waals surface area contributed by atoms with Crippen molar-refractivity contribution >= 4 is 5.97 Å². The molecule has 7 N–H and O–H groups in total. The summed E-state index contributed by atoms with van der Waals surface area (Å²) < 4.78 is 16.0. The number of aliphatic hydroxyl groups is 6. The van der Waals surface area contributed by atoms with Gasteiger partial charge in [-0.25, -0.2) is 4.79 Å². The molecule has 2 aliphatic heterocycles. The van der Waals surface area contributed by atoms with Crippen LogP contribution in [-0.4, -0.2) is 97.5 Å². The molecule has 0 aromatic rings. The molecule has 11 nitrogen and oxygen atoms in total. The van der Waals surface area contributed by atoms with Crippen LogP contribution >= 0.6 is 0 Å². The Balaban J connectivity index is 1.84. The van der Waals surface area contributed by atoms with Crippen LogP contribution in [0.25, 0.3) is 0 Å². The van der Waals surface area contributed by atoms with Gasteiger partial charge in [-0.3, -0.25) is 0 Å². The van der Waals surface area contributed by atoms with Crippen molar-refractivity contribution in [3.63, 3.8) is 0 Å². The molecule has 11 heteroatoms. The average molecular weight is 390 g/mol. The van der Waals surface area contributed by atoms with Gasteiger partial charge < -0.3 is 50.0 Å².